The number of hydrogen-bond acceptors (Lipinski definition) is 5. The van der Waals surface area contributed by atoms with E-state index in [1.807, 2.05) is 60.7 Å². The minimum atomic E-state index is 0.553. The number of hydrogen-bond donors (Lipinski definition) is 0. The molecule has 272 valence electrons. The van der Waals surface area contributed by atoms with Crippen molar-refractivity contribution in [3.63, 3.8) is 0 Å². The van der Waals surface area contributed by atoms with Crippen molar-refractivity contribution in [1.82, 2.24) is 15.0 Å². The third-order valence-corrected chi connectivity index (χ3v) is 10.9. The van der Waals surface area contributed by atoms with E-state index in [0.29, 0.717) is 17.5 Å². The van der Waals surface area contributed by atoms with Crippen LogP contribution in [0.2, 0.25) is 0 Å². The van der Waals surface area contributed by atoms with E-state index >= 15 is 0 Å². The zero-order chi connectivity index (χ0) is 38.4. The summed E-state index contributed by atoms with van der Waals surface area (Å²) in [6.07, 6.45) is 0. The number of anilines is 3. The molecule has 0 spiro atoms. The van der Waals surface area contributed by atoms with Crippen molar-refractivity contribution < 1.29 is 4.42 Å². The molecule has 5 heteroatoms. The van der Waals surface area contributed by atoms with Crippen LogP contribution in [0.15, 0.2) is 211 Å². The Morgan fingerprint density at radius 3 is 1.57 bits per heavy atom. The van der Waals surface area contributed by atoms with Crippen LogP contribution in [0.5, 0.6) is 0 Å². The molecule has 11 rings (SSSR count). The Kier molecular flexibility index (Phi) is 8.07. The van der Waals surface area contributed by atoms with Crippen LogP contribution in [0.4, 0.5) is 17.1 Å². The number of benzene rings is 9. The summed E-state index contributed by atoms with van der Waals surface area (Å²) in [4.78, 5) is 17.5. The molecule has 0 aliphatic carbocycles. The fourth-order valence-corrected chi connectivity index (χ4v) is 8.08. The highest BCUT2D eigenvalue weighted by atomic mass is 16.3. The molecule has 9 aromatic carbocycles. The lowest BCUT2D eigenvalue weighted by molar-refractivity contribution is 0.673. The van der Waals surface area contributed by atoms with E-state index in [9.17, 15) is 0 Å². The Morgan fingerprint density at radius 1 is 0.328 bits per heavy atom. The first kappa shape index (κ1) is 33.4. The molecule has 0 fully saturated rings. The van der Waals surface area contributed by atoms with Gasteiger partial charge in [0, 0.05) is 44.3 Å². The van der Waals surface area contributed by atoms with E-state index in [4.69, 9.17) is 19.4 Å². The molecular weight excluding hydrogens is 709 g/mol. The van der Waals surface area contributed by atoms with Crippen molar-refractivity contribution in [2.45, 2.75) is 0 Å². The van der Waals surface area contributed by atoms with Crippen molar-refractivity contribution in [3.05, 3.63) is 206 Å². The van der Waals surface area contributed by atoms with Crippen LogP contribution < -0.4 is 4.90 Å². The molecule has 0 N–H and O–H groups in total. The molecule has 0 saturated heterocycles. The minimum absolute atomic E-state index is 0.553. The number of furan rings is 1. The summed E-state index contributed by atoms with van der Waals surface area (Å²) < 4.78 is 7.01. The van der Waals surface area contributed by atoms with Gasteiger partial charge in [-0.05, 0) is 75.8 Å². The Hall–Kier alpha value is -7.89. The predicted molar refractivity (Wildman–Crippen MR) is 239 cm³/mol. The standard InChI is InChI=1S/C53H34N4O/c1-4-16-38(17-5-1)51-54-52(39-18-6-2-7-19-39)56-53(55-51)47-33-32-44(48-46-31-27-36-15-12-13-23-45(36)49(46)58-50(47)48)37-25-28-42(29-26-37)57(41-21-8-3-9-22-41)43-30-24-35-14-10-11-20-40(35)34-43/h1-34H. The lowest BCUT2D eigenvalue weighted by Crippen LogP contribution is -2.09. The molecule has 0 aliphatic rings. The van der Waals surface area contributed by atoms with Crippen molar-refractivity contribution in [2.24, 2.45) is 0 Å². The van der Waals surface area contributed by atoms with Crippen LogP contribution >= 0.6 is 0 Å². The summed E-state index contributed by atoms with van der Waals surface area (Å²) >= 11 is 0. The number of rotatable bonds is 7. The van der Waals surface area contributed by atoms with Crippen LogP contribution in [-0.2, 0) is 0 Å². The maximum absolute atomic E-state index is 7.01. The first-order chi connectivity index (χ1) is 28.7. The van der Waals surface area contributed by atoms with Crippen LogP contribution in [-0.4, -0.2) is 15.0 Å². The summed E-state index contributed by atoms with van der Waals surface area (Å²) in [7, 11) is 0. The van der Waals surface area contributed by atoms with Crippen molar-refractivity contribution in [3.8, 4) is 45.3 Å². The molecule has 2 aromatic heterocycles. The van der Waals surface area contributed by atoms with Crippen molar-refractivity contribution in [2.75, 3.05) is 4.90 Å². The van der Waals surface area contributed by atoms with E-state index in [1.54, 1.807) is 0 Å². The van der Waals surface area contributed by atoms with E-state index < -0.39 is 0 Å². The zero-order valence-electron chi connectivity index (χ0n) is 31.3. The van der Waals surface area contributed by atoms with Gasteiger partial charge in [0.1, 0.15) is 11.2 Å². The largest absolute Gasteiger partial charge is 0.455 e. The topological polar surface area (TPSA) is 55.1 Å². The van der Waals surface area contributed by atoms with Crippen LogP contribution in [0, 0.1) is 0 Å². The maximum atomic E-state index is 7.01. The number of nitrogens with zero attached hydrogens (tertiary/aromatic N) is 4. The maximum Gasteiger partial charge on any atom is 0.167 e. The molecule has 0 unspecified atom stereocenters. The summed E-state index contributed by atoms with van der Waals surface area (Å²) in [5.41, 5.74) is 9.61. The lowest BCUT2D eigenvalue weighted by Gasteiger charge is -2.26. The molecule has 58 heavy (non-hydrogen) atoms. The van der Waals surface area contributed by atoms with E-state index in [2.05, 4.69) is 150 Å². The first-order valence-corrected chi connectivity index (χ1v) is 19.4. The molecule has 0 atom stereocenters. The molecule has 0 radical (unpaired) electrons. The van der Waals surface area contributed by atoms with Gasteiger partial charge in [-0.3, -0.25) is 0 Å². The molecule has 11 aromatic rings. The van der Waals surface area contributed by atoms with Crippen LogP contribution in [0.3, 0.4) is 0 Å². The van der Waals surface area contributed by atoms with Gasteiger partial charge in [0.25, 0.3) is 0 Å². The normalized spacial score (nSPS) is 11.4. The molecule has 0 amide bonds. The van der Waals surface area contributed by atoms with Gasteiger partial charge in [0.15, 0.2) is 17.5 Å². The van der Waals surface area contributed by atoms with Gasteiger partial charge < -0.3 is 9.32 Å². The third kappa shape index (κ3) is 5.85. The second kappa shape index (κ2) is 14.0. The van der Waals surface area contributed by atoms with Gasteiger partial charge in [0.05, 0.1) is 5.56 Å². The second-order valence-corrected chi connectivity index (χ2v) is 14.4. The zero-order valence-corrected chi connectivity index (χ0v) is 31.3. The quantitative estimate of drug-likeness (QED) is 0.163. The van der Waals surface area contributed by atoms with Crippen LogP contribution in [0.25, 0.3) is 88.8 Å². The number of fused-ring (bicyclic) bond motifs is 6. The van der Waals surface area contributed by atoms with Crippen molar-refractivity contribution in [1.29, 1.82) is 0 Å². The molecule has 0 aliphatic heterocycles. The monoisotopic (exact) mass is 742 g/mol. The highest BCUT2D eigenvalue weighted by Crippen LogP contribution is 2.44. The molecule has 5 nitrogen and oxygen atoms in total. The van der Waals surface area contributed by atoms with Gasteiger partial charge in [-0.1, -0.05) is 158 Å². The third-order valence-electron chi connectivity index (χ3n) is 10.9. The summed E-state index contributed by atoms with van der Waals surface area (Å²) in [6, 6.07) is 71.7. The summed E-state index contributed by atoms with van der Waals surface area (Å²) in [5, 5.41) is 6.65. The summed E-state index contributed by atoms with van der Waals surface area (Å²) in [6.45, 7) is 0. The Labute approximate surface area is 335 Å². The van der Waals surface area contributed by atoms with E-state index in [1.165, 1.54) is 10.8 Å². The Morgan fingerprint density at radius 2 is 0.862 bits per heavy atom. The van der Waals surface area contributed by atoms with Gasteiger partial charge in [-0.15, -0.1) is 0 Å². The van der Waals surface area contributed by atoms with Gasteiger partial charge in [-0.2, -0.15) is 0 Å². The fourth-order valence-electron chi connectivity index (χ4n) is 8.08. The van der Waals surface area contributed by atoms with E-state index in [-0.39, 0.29) is 0 Å². The smallest absolute Gasteiger partial charge is 0.167 e. The predicted octanol–water partition coefficient (Wildman–Crippen LogP) is 14.2. The average Bonchev–Trinajstić information content (AvgIpc) is 3.70. The highest BCUT2D eigenvalue weighted by molar-refractivity contribution is 6.21. The fraction of sp³-hybridized carbons (Fsp3) is 0. The number of aromatic nitrogens is 3. The first-order valence-electron chi connectivity index (χ1n) is 19.4. The van der Waals surface area contributed by atoms with Crippen molar-refractivity contribution >= 4 is 60.5 Å². The second-order valence-electron chi connectivity index (χ2n) is 14.4. The minimum Gasteiger partial charge on any atom is -0.455 e. The van der Waals surface area contributed by atoms with Crippen LogP contribution in [0.1, 0.15) is 0 Å². The van der Waals surface area contributed by atoms with E-state index in [0.717, 1.165) is 77.6 Å². The van der Waals surface area contributed by atoms with Gasteiger partial charge in [-0.25, -0.2) is 15.0 Å². The SMILES string of the molecule is c1ccc(-c2nc(-c3ccccc3)nc(-c3ccc(-c4ccc(N(c5ccccc5)c5ccc6ccccc6c5)cc4)c4c3oc3c5ccccc5ccc34)n2)cc1. The average molecular weight is 743 g/mol. The highest BCUT2D eigenvalue weighted by Gasteiger charge is 2.22. The lowest BCUT2D eigenvalue weighted by atomic mass is 9.95. The molecule has 0 bridgehead atoms. The Balaban J connectivity index is 1.10. The molecular formula is C53H34N4O. The molecule has 0 saturated carbocycles. The van der Waals surface area contributed by atoms with Gasteiger partial charge >= 0.3 is 0 Å². The molecule has 2 heterocycles. The number of para-hydroxylation sites is 1. The van der Waals surface area contributed by atoms with Gasteiger partial charge in [0.2, 0.25) is 0 Å². The Bertz CT molecular complexity index is 3210. The summed E-state index contributed by atoms with van der Waals surface area (Å²) in [5.74, 6) is 1.76.